The molecule has 0 radical (unpaired) electrons. The predicted octanol–water partition coefficient (Wildman–Crippen LogP) is 3.74. The smallest absolute Gasteiger partial charge is 0.191 e. The van der Waals surface area contributed by atoms with Crippen LogP contribution in [0.5, 0.6) is 11.5 Å². The van der Waals surface area contributed by atoms with Crippen molar-refractivity contribution >= 4 is 29.9 Å². The maximum Gasteiger partial charge on any atom is 0.191 e. The number of guanidine groups is 1. The normalized spacial score (nSPS) is 15.6. The summed E-state index contributed by atoms with van der Waals surface area (Å²) in [6.07, 6.45) is 1.94. The van der Waals surface area contributed by atoms with Crippen molar-refractivity contribution in [1.82, 2.24) is 10.6 Å². The molecule has 0 aliphatic carbocycles. The molecule has 30 heavy (non-hydrogen) atoms. The van der Waals surface area contributed by atoms with Gasteiger partial charge in [0.25, 0.3) is 0 Å². The van der Waals surface area contributed by atoms with Gasteiger partial charge in [-0.3, -0.25) is 4.99 Å². The Bertz CT molecular complexity index is 806. The van der Waals surface area contributed by atoms with Crippen molar-refractivity contribution in [1.29, 1.82) is 0 Å². The van der Waals surface area contributed by atoms with E-state index in [0.29, 0.717) is 6.54 Å². The Hall–Kier alpha value is -2.00. The molecule has 1 aliphatic rings. The Morgan fingerprint density at radius 3 is 2.33 bits per heavy atom. The zero-order chi connectivity index (χ0) is 20.5. The van der Waals surface area contributed by atoms with Gasteiger partial charge < -0.3 is 24.8 Å². The third-order valence-corrected chi connectivity index (χ3v) is 5.56. The summed E-state index contributed by atoms with van der Waals surface area (Å²) in [7, 11) is 5.17. The second kappa shape index (κ2) is 12.0. The average molecular weight is 525 g/mol. The van der Waals surface area contributed by atoms with Crippen LogP contribution in [0.2, 0.25) is 0 Å². The van der Waals surface area contributed by atoms with Crippen molar-refractivity contribution in [2.24, 2.45) is 4.99 Å². The van der Waals surface area contributed by atoms with E-state index in [-0.39, 0.29) is 29.4 Å². The number of nitrogens with one attached hydrogen (secondary N) is 2. The van der Waals surface area contributed by atoms with Crippen LogP contribution in [0.3, 0.4) is 0 Å². The Morgan fingerprint density at radius 2 is 1.70 bits per heavy atom. The first kappa shape index (κ1) is 24.3. The van der Waals surface area contributed by atoms with Gasteiger partial charge in [0.2, 0.25) is 0 Å². The molecule has 1 aliphatic heterocycles. The summed E-state index contributed by atoms with van der Waals surface area (Å²) in [5.41, 5.74) is 2.46. The van der Waals surface area contributed by atoms with E-state index in [2.05, 4.69) is 33.8 Å². The van der Waals surface area contributed by atoms with E-state index in [9.17, 15) is 0 Å². The molecule has 0 aromatic heterocycles. The first-order valence-electron chi connectivity index (χ1n) is 9.99. The number of rotatable bonds is 7. The van der Waals surface area contributed by atoms with Gasteiger partial charge in [-0.25, -0.2) is 0 Å². The van der Waals surface area contributed by atoms with Crippen molar-refractivity contribution in [3.8, 4) is 11.5 Å². The molecule has 6 nitrogen and oxygen atoms in total. The van der Waals surface area contributed by atoms with Crippen LogP contribution in [0.1, 0.15) is 24.0 Å². The monoisotopic (exact) mass is 525 g/mol. The molecule has 7 heteroatoms. The van der Waals surface area contributed by atoms with Crippen LogP contribution in [-0.2, 0) is 16.7 Å². The van der Waals surface area contributed by atoms with E-state index in [1.807, 2.05) is 30.3 Å². The molecule has 0 unspecified atom stereocenters. The number of methoxy groups -OCH3 is 2. The second-order valence-corrected chi connectivity index (χ2v) is 7.25. The molecule has 0 atom stereocenters. The molecule has 0 amide bonds. The third kappa shape index (κ3) is 6.25. The van der Waals surface area contributed by atoms with Gasteiger partial charge in [0.15, 0.2) is 5.96 Å². The number of ether oxygens (including phenoxy) is 3. The van der Waals surface area contributed by atoms with Gasteiger partial charge in [-0.05, 0) is 48.2 Å². The minimum atomic E-state index is 0. The standard InChI is InChI=1S/C23H31N3O3.HI/c1-24-22(25-16-18-5-4-6-21(15-18)28-3)26-17-23(11-13-29-14-12-23)19-7-9-20(27-2)10-8-19;/h4-10,15H,11-14,16-17H2,1-3H3,(H2,24,25,26);1H. The quantitative estimate of drug-likeness (QED) is 0.328. The first-order chi connectivity index (χ1) is 14.2. The van der Waals surface area contributed by atoms with Crippen LogP contribution in [0.15, 0.2) is 53.5 Å². The number of hydrogen-bond acceptors (Lipinski definition) is 4. The van der Waals surface area contributed by atoms with Gasteiger partial charge in [0.1, 0.15) is 11.5 Å². The molecule has 2 aromatic carbocycles. The lowest BCUT2D eigenvalue weighted by Crippen LogP contribution is -2.47. The fraction of sp³-hybridized carbons (Fsp3) is 0.435. The molecule has 164 valence electrons. The molecule has 1 fully saturated rings. The van der Waals surface area contributed by atoms with Crippen molar-refractivity contribution in [2.45, 2.75) is 24.8 Å². The van der Waals surface area contributed by atoms with Crippen LogP contribution in [0.4, 0.5) is 0 Å². The topological polar surface area (TPSA) is 64.1 Å². The number of halogens is 1. The summed E-state index contributed by atoms with van der Waals surface area (Å²) < 4.78 is 16.3. The fourth-order valence-electron chi connectivity index (χ4n) is 3.72. The molecular formula is C23H32IN3O3. The van der Waals surface area contributed by atoms with Crippen LogP contribution in [-0.4, -0.2) is 47.0 Å². The lowest BCUT2D eigenvalue weighted by molar-refractivity contribution is 0.0513. The molecule has 2 N–H and O–H groups in total. The van der Waals surface area contributed by atoms with E-state index in [0.717, 1.165) is 55.6 Å². The van der Waals surface area contributed by atoms with Crippen LogP contribution in [0.25, 0.3) is 0 Å². The van der Waals surface area contributed by atoms with Crippen molar-refractivity contribution < 1.29 is 14.2 Å². The van der Waals surface area contributed by atoms with E-state index in [1.165, 1.54) is 5.56 Å². The Balaban J connectivity index is 0.00000320. The highest BCUT2D eigenvalue weighted by Gasteiger charge is 2.34. The van der Waals surface area contributed by atoms with Gasteiger partial charge in [-0.15, -0.1) is 24.0 Å². The minimum Gasteiger partial charge on any atom is -0.497 e. The fourth-order valence-corrected chi connectivity index (χ4v) is 3.72. The second-order valence-electron chi connectivity index (χ2n) is 7.25. The lowest BCUT2D eigenvalue weighted by atomic mass is 9.74. The van der Waals surface area contributed by atoms with Gasteiger partial charge in [0, 0.05) is 38.8 Å². The summed E-state index contributed by atoms with van der Waals surface area (Å²) >= 11 is 0. The summed E-state index contributed by atoms with van der Waals surface area (Å²) in [5, 5.41) is 6.92. The summed E-state index contributed by atoms with van der Waals surface area (Å²) in [5.74, 6) is 2.51. The Labute approximate surface area is 196 Å². The minimum absolute atomic E-state index is 0. The van der Waals surface area contributed by atoms with Gasteiger partial charge in [-0.1, -0.05) is 24.3 Å². The van der Waals surface area contributed by atoms with Gasteiger partial charge >= 0.3 is 0 Å². The molecule has 2 aromatic rings. The number of aliphatic imine (C=N–C) groups is 1. The summed E-state index contributed by atoms with van der Waals surface area (Å²) in [6, 6.07) is 16.4. The molecule has 0 spiro atoms. The molecule has 0 bridgehead atoms. The van der Waals surface area contributed by atoms with Crippen molar-refractivity contribution in [3.05, 3.63) is 59.7 Å². The highest BCUT2D eigenvalue weighted by Crippen LogP contribution is 2.35. The zero-order valence-electron chi connectivity index (χ0n) is 17.9. The van der Waals surface area contributed by atoms with Crippen LogP contribution in [0, 0.1) is 0 Å². The van der Waals surface area contributed by atoms with Gasteiger partial charge in [0.05, 0.1) is 14.2 Å². The number of hydrogen-bond donors (Lipinski definition) is 2. The molecule has 3 rings (SSSR count). The first-order valence-corrected chi connectivity index (χ1v) is 9.99. The van der Waals surface area contributed by atoms with E-state index in [4.69, 9.17) is 14.2 Å². The SMILES string of the molecule is CN=C(NCc1cccc(OC)c1)NCC1(c2ccc(OC)cc2)CCOCC1.I. The average Bonchev–Trinajstić information content (AvgIpc) is 2.80. The van der Waals surface area contributed by atoms with E-state index in [1.54, 1.807) is 21.3 Å². The predicted molar refractivity (Wildman–Crippen MR) is 131 cm³/mol. The molecule has 0 saturated carbocycles. The van der Waals surface area contributed by atoms with Crippen LogP contribution >= 0.6 is 24.0 Å². The molecule has 1 heterocycles. The van der Waals surface area contributed by atoms with Gasteiger partial charge in [-0.2, -0.15) is 0 Å². The highest BCUT2D eigenvalue weighted by molar-refractivity contribution is 14.0. The summed E-state index contributed by atoms with van der Waals surface area (Å²) in [4.78, 5) is 4.39. The molecule has 1 saturated heterocycles. The Morgan fingerprint density at radius 1 is 1.00 bits per heavy atom. The summed E-state index contributed by atoms with van der Waals surface area (Å²) in [6.45, 7) is 3.00. The maximum atomic E-state index is 5.64. The van der Waals surface area contributed by atoms with Crippen molar-refractivity contribution in [3.63, 3.8) is 0 Å². The number of benzene rings is 2. The van der Waals surface area contributed by atoms with E-state index >= 15 is 0 Å². The maximum absolute atomic E-state index is 5.64. The third-order valence-electron chi connectivity index (χ3n) is 5.56. The lowest BCUT2D eigenvalue weighted by Gasteiger charge is -2.38. The van der Waals surface area contributed by atoms with Crippen molar-refractivity contribution in [2.75, 3.05) is 41.0 Å². The zero-order valence-corrected chi connectivity index (χ0v) is 20.3. The molecular weight excluding hydrogens is 493 g/mol. The number of nitrogens with zero attached hydrogens (tertiary/aromatic N) is 1. The van der Waals surface area contributed by atoms with E-state index < -0.39 is 0 Å². The Kier molecular flexibility index (Phi) is 9.71. The largest absolute Gasteiger partial charge is 0.497 e. The van der Waals surface area contributed by atoms with Crippen LogP contribution < -0.4 is 20.1 Å². The highest BCUT2D eigenvalue weighted by atomic mass is 127.